The van der Waals surface area contributed by atoms with Crippen LogP contribution in [0.5, 0.6) is 0 Å². The molecule has 0 radical (unpaired) electrons. The molecule has 0 unspecified atom stereocenters. The van der Waals surface area contributed by atoms with Crippen molar-refractivity contribution in [3.8, 4) is 0 Å². The minimum absolute atomic E-state index is 0.0539. The first-order valence-corrected chi connectivity index (χ1v) is 12.0. The molecule has 1 amide bonds. The van der Waals surface area contributed by atoms with Crippen LogP contribution in [0, 0.1) is 5.41 Å². The Bertz CT molecular complexity index is 1090. The number of sulfonamides is 1. The molecule has 2 aromatic rings. The number of benzene rings is 2. The summed E-state index contributed by atoms with van der Waals surface area (Å²) >= 11 is 5.89. The third-order valence-electron chi connectivity index (χ3n) is 5.87. The third kappa shape index (κ3) is 5.10. The molecule has 2 aromatic carbocycles. The topological polar surface area (TPSA) is 66.5 Å². The number of amides is 1. The summed E-state index contributed by atoms with van der Waals surface area (Å²) in [6.45, 7) is 3.92. The van der Waals surface area contributed by atoms with Crippen LogP contribution in [0.25, 0.3) is 0 Å². The molecule has 5 nitrogen and oxygen atoms in total. The minimum atomic E-state index is -4.62. The van der Waals surface area contributed by atoms with Gasteiger partial charge in [0.25, 0.3) is 0 Å². The Hall–Kier alpha value is -2.10. The van der Waals surface area contributed by atoms with Crippen molar-refractivity contribution in [3.63, 3.8) is 0 Å². The lowest BCUT2D eigenvalue weighted by Crippen LogP contribution is -2.46. The highest BCUT2D eigenvalue weighted by atomic mass is 35.5. The largest absolute Gasteiger partial charge is 0.416 e. The number of aryl methyl sites for hydroxylation is 1. The maximum Gasteiger partial charge on any atom is 0.416 e. The smallest absolute Gasteiger partial charge is 0.326 e. The van der Waals surface area contributed by atoms with Crippen LogP contribution in [-0.2, 0) is 27.4 Å². The van der Waals surface area contributed by atoms with Crippen LogP contribution >= 0.6 is 11.6 Å². The van der Waals surface area contributed by atoms with Crippen molar-refractivity contribution in [1.82, 2.24) is 4.31 Å². The van der Waals surface area contributed by atoms with E-state index in [0.717, 1.165) is 22.4 Å². The van der Waals surface area contributed by atoms with Crippen LogP contribution in [-0.4, -0.2) is 31.7 Å². The van der Waals surface area contributed by atoms with Crippen molar-refractivity contribution >= 4 is 33.2 Å². The van der Waals surface area contributed by atoms with E-state index in [1.807, 2.05) is 31.2 Å². The second kappa shape index (κ2) is 9.03. The summed E-state index contributed by atoms with van der Waals surface area (Å²) in [7, 11) is -4.10. The molecule has 0 spiro atoms. The predicted molar refractivity (Wildman–Crippen MR) is 117 cm³/mol. The second-order valence-corrected chi connectivity index (χ2v) is 10.4. The van der Waals surface area contributed by atoms with Gasteiger partial charge >= 0.3 is 6.18 Å². The summed E-state index contributed by atoms with van der Waals surface area (Å²) in [5, 5.41) is 2.40. The van der Waals surface area contributed by atoms with Gasteiger partial charge in [-0.25, -0.2) is 8.42 Å². The lowest BCUT2D eigenvalue weighted by molar-refractivity contribution is -0.137. The molecule has 1 saturated heterocycles. The summed E-state index contributed by atoms with van der Waals surface area (Å²) < 4.78 is 65.6. The first kappa shape index (κ1) is 24.5. The Morgan fingerprint density at radius 1 is 1.12 bits per heavy atom. The Morgan fingerprint density at radius 3 is 2.22 bits per heavy atom. The van der Waals surface area contributed by atoms with Crippen molar-refractivity contribution in [3.05, 3.63) is 58.6 Å². The summed E-state index contributed by atoms with van der Waals surface area (Å²) in [6, 6.07) is 9.70. The molecule has 1 fully saturated rings. The number of hydrogen-bond donors (Lipinski definition) is 1. The van der Waals surface area contributed by atoms with E-state index in [4.69, 9.17) is 11.6 Å². The molecule has 1 N–H and O–H groups in total. The summed E-state index contributed by atoms with van der Waals surface area (Å²) in [4.78, 5) is 12.5. The molecular formula is C22H24ClF3N2O3S. The maximum absolute atomic E-state index is 13.0. The van der Waals surface area contributed by atoms with Crippen molar-refractivity contribution in [2.45, 2.75) is 44.2 Å². The van der Waals surface area contributed by atoms with E-state index in [9.17, 15) is 26.4 Å². The fraction of sp³-hybridized carbons (Fsp3) is 0.409. The molecule has 0 bridgehead atoms. The Morgan fingerprint density at radius 2 is 1.72 bits per heavy atom. The van der Waals surface area contributed by atoms with Gasteiger partial charge in [0.2, 0.25) is 15.9 Å². The standard InChI is InChI=1S/C22H24ClF3N2O3S/c1-3-15-4-7-17(8-5-15)27-20(29)21(2)10-12-28(13-11-21)32(30,31)19-9-6-16(14-18(19)23)22(24,25)26/h4-9,14H,3,10-13H2,1-2H3,(H,27,29). The Balaban J connectivity index is 1.70. The van der Waals surface area contributed by atoms with Gasteiger partial charge in [-0.15, -0.1) is 0 Å². The number of nitrogens with zero attached hydrogens (tertiary/aromatic N) is 1. The average Bonchev–Trinajstić information content (AvgIpc) is 2.73. The molecule has 10 heteroatoms. The number of piperidine rings is 1. The predicted octanol–water partition coefficient (Wildman–Crippen LogP) is 5.35. The molecule has 0 aliphatic carbocycles. The highest BCUT2D eigenvalue weighted by Crippen LogP contribution is 2.37. The van der Waals surface area contributed by atoms with Crippen LogP contribution in [0.4, 0.5) is 18.9 Å². The zero-order valence-electron chi connectivity index (χ0n) is 17.7. The average molecular weight is 489 g/mol. The summed E-state index contributed by atoms with van der Waals surface area (Å²) in [5.74, 6) is -0.202. The lowest BCUT2D eigenvalue weighted by atomic mass is 9.80. The highest BCUT2D eigenvalue weighted by molar-refractivity contribution is 7.89. The number of rotatable bonds is 5. The number of nitrogens with one attached hydrogen (secondary N) is 1. The number of carbonyl (C=O) groups excluding carboxylic acids is 1. The quantitative estimate of drug-likeness (QED) is 0.617. The van der Waals surface area contributed by atoms with Gasteiger partial charge in [-0.3, -0.25) is 4.79 Å². The van der Waals surface area contributed by atoms with Gasteiger partial charge in [0.05, 0.1) is 10.6 Å². The lowest BCUT2D eigenvalue weighted by Gasteiger charge is -2.37. The molecule has 0 atom stereocenters. The van der Waals surface area contributed by atoms with E-state index in [0.29, 0.717) is 17.8 Å². The van der Waals surface area contributed by atoms with E-state index < -0.39 is 32.2 Å². The fourth-order valence-electron chi connectivity index (χ4n) is 3.58. The number of halogens is 4. The van der Waals surface area contributed by atoms with Crippen LogP contribution in [0.2, 0.25) is 5.02 Å². The van der Waals surface area contributed by atoms with Crippen LogP contribution in [0.1, 0.15) is 37.8 Å². The molecular weight excluding hydrogens is 465 g/mol. The second-order valence-electron chi connectivity index (χ2n) is 8.11. The van der Waals surface area contributed by atoms with Crippen molar-refractivity contribution < 1.29 is 26.4 Å². The van der Waals surface area contributed by atoms with Crippen LogP contribution in [0.3, 0.4) is 0 Å². The first-order chi connectivity index (χ1) is 14.9. The zero-order chi connectivity index (χ0) is 23.7. The van der Waals surface area contributed by atoms with Gasteiger partial charge in [-0.05, 0) is 55.2 Å². The first-order valence-electron chi connectivity index (χ1n) is 10.1. The molecule has 1 aliphatic heterocycles. The van der Waals surface area contributed by atoms with Gasteiger partial charge in [-0.2, -0.15) is 17.5 Å². The van der Waals surface area contributed by atoms with Crippen LogP contribution in [0.15, 0.2) is 47.4 Å². The van der Waals surface area contributed by atoms with E-state index in [1.54, 1.807) is 6.92 Å². The monoisotopic (exact) mass is 488 g/mol. The number of hydrogen-bond acceptors (Lipinski definition) is 3. The minimum Gasteiger partial charge on any atom is -0.326 e. The van der Waals surface area contributed by atoms with Gasteiger partial charge < -0.3 is 5.32 Å². The molecule has 1 heterocycles. The number of alkyl halides is 3. The van der Waals surface area contributed by atoms with Gasteiger partial charge in [0.1, 0.15) is 4.90 Å². The van der Waals surface area contributed by atoms with Crippen molar-refractivity contribution in [1.29, 1.82) is 0 Å². The van der Waals surface area contributed by atoms with Crippen LogP contribution < -0.4 is 5.32 Å². The molecule has 32 heavy (non-hydrogen) atoms. The molecule has 174 valence electrons. The normalized spacial score (nSPS) is 17.2. The Kier molecular flexibility index (Phi) is 6.93. The van der Waals surface area contributed by atoms with Crippen molar-refractivity contribution in [2.75, 3.05) is 18.4 Å². The molecule has 0 saturated carbocycles. The molecule has 1 aliphatic rings. The van der Waals surface area contributed by atoms with Gasteiger partial charge in [0.15, 0.2) is 0 Å². The highest BCUT2D eigenvalue weighted by Gasteiger charge is 2.41. The number of anilines is 1. The number of carbonyl (C=O) groups is 1. The molecule has 0 aromatic heterocycles. The molecule has 3 rings (SSSR count). The van der Waals surface area contributed by atoms with E-state index >= 15 is 0 Å². The van der Waals surface area contributed by atoms with E-state index in [2.05, 4.69) is 5.32 Å². The van der Waals surface area contributed by atoms with E-state index in [-0.39, 0.29) is 36.7 Å². The Labute approximate surface area is 190 Å². The third-order valence-corrected chi connectivity index (χ3v) is 8.25. The maximum atomic E-state index is 13.0. The van der Waals surface area contributed by atoms with E-state index in [1.165, 1.54) is 0 Å². The van der Waals surface area contributed by atoms with Gasteiger partial charge in [-0.1, -0.05) is 37.6 Å². The van der Waals surface area contributed by atoms with Gasteiger partial charge in [0, 0.05) is 24.2 Å². The fourth-order valence-corrected chi connectivity index (χ4v) is 5.54. The summed E-state index contributed by atoms with van der Waals surface area (Å²) in [6.07, 6.45) is -3.20. The zero-order valence-corrected chi connectivity index (χ0v) is 19.2. The van der Waals surface area contributed by atoms with Crippen molar-refractivity contribution in [2.24, 2.45) is 5.41 Å². The summed E-state index contributed by atoms with van der Waals surface area (Å²) in [5.41, 5.74) is 0.0188. The SMILES string of the molecule is CCc1ccc(NC(=O)C2(C)CCN(S(=O)(=O)c3ccc(C(F)(F)F)cc3Cl)CC2)cc1.